The molecule has 110 valence electrons. The lowest BCUT2D eigenvalue weighted by molar-refractivity contribution is 0.0679. The number of carbonyl (C=O) groups is 1. The average molecular weight is 297 g/mol. The molecule has 6 nitrogen and oxygen atoms in total. The Hall–Kier alpha value is -1.34. The first-order chi connectivity index (χ1) is 9.63. The van der Waals surface area contributed by atoms with Gasteiger partial charge in [0, 0.05) is 19.3 Å². The molecule has 2 rings (SSSR count). The number of hydrogen-bond acceptors (Lipinski definition) is 6. The minimum atomic E-state index is -0.999. The highest BCUT2D eigenvalue weighted by atomic mass is 32.2. The SMILES string of the molecule is CO[C@H]1CC[C@H](Nc2ncc(C(=O)O)c(SC)n2)CC1. The van der Waals surface area contributed by atoms with Crippen molar-refractivity contribution >= 4 is 23.7 Å². The lowest BCUT2D eigenvalue weighted by atomic mass is 9.93. The number of aromatic carboxylic acids is 1. The van der Waals surface area contributed by atoms with E-state index < -0.39 is 5.97 Å². The molecule has 1 aromatic heterocycles. The Labute approximate surface area is 122 Å². The van der Waals surface area contributed by atoms with Crippen LogP contribution < -0.4 is 5.32 Å². The highest BCUT2D eigenvalue weighted by molar-refractivity contribution is 7.98. The van der Waals surface area contributed by atoms with Crippen LogP contribution in [0.25, 0.3) is 0 Å². The van der Waals surface area contributed by atoms with E-state index in [4.69, 9.17) is 9.84 Å². The molecule has 7 heteroatoms. The van der Waals surface area contributed by atoms with Crippen molar-refractivity contribution in [1.82, 2.24) is 9.97 Å². The Kier molecular flexibility index (Phi) is 5.19. The monoisotopic (exact) mass is 297 g/mol. The standard InChI is InChI=1S/C13H19N3O3S/c1-19-9-5-3-8(4-6-9)15-13-14-7-10(12(17)18)11(16-13)20-2/h7-9H,3-6H2,1-2H3,(H,17,18)(H,14,15,16)/t8-,9-. The van der Waals surface area contributed by atoms with Gasteiger partial charge in [-0.15, -0.1) is 11.8 Å². The van der Waals surface area contributed by atoms with Gasteiger partial charge in [0.1, 0.15) is 10.6 Å². The molecule has 0 amide bonds. The first-order valence-electron chi connectivity index (χ1n) is 6.57. The number of anilines is 1. The quantitative estimate of drug-likeness (QED) is 0.637. The van der Waals surface area contributed by atoms with Crippen molar-refractivity contribution in [1.29, 1.82) is 0 Å². The zero-order chi connectivity index (χ0) is 14.5. The van der Waals surface area contributed by atoms with Gasteiger partial charge in [0.15, 0.2) is 0 Å². The molecule has 1 heterocycles. The number of methoxy groups -OCH3 is 1. The summed E-state index contributed by atoms with van der Waals surface area (Å²) in [5, 5.41) is 12.8. The number of thioether (sulfide) groups is 1. The molecule has 0 unspecified atom stereocenters. The zero-order valence-electron chi connectivity index (χ0n) is 11.6. The lowest BCUT2D eigenvalue weighted by Gasteiger charge is -2.28. The fourth-order valence-electron chi connectivity index (χ4n) is 2.36. The molecule has 1 aliphatic rings. The summed E-state index contributed by atoms with van der Waals surface area (Å²) in [7, 11) is 1.75. The third-order valence-electron chi connectivity index (χ3n) is 3.52. The molecule has 0 atom stereocenters. The fourth-order valence-corrected chi connectivity index (χ4v) is 2.90. The number of carboxylic acid groups (broad SMARTS) is 1. The maximum Gasteiger partial charge on any atom is 0.340 e. The summed E-state index contributed by atoms with van der Waals surface area (Å²) in [6.07, 6.45) is 7.60. The fraction of sp³-hybridized carbons (Fsp3) is 0.615. The highest BCUT2D eigenvalue weighted by Crippen LogP contribution is 2.24. The Balaban J connectivity index is 2.01. The summed E-state index contributed by atoms with van der Waals surface area (Å²) in [6, 6.07) is 0.326. The predicted molar refractivity (Wildman–Crippen MR) is 77.4 cm³/mol. The summed E-state index contributed by atoms with van der Waals surface area (Å²) in [5.41, 5.74) is 0.145. The van der Waals surface area contributed by atoms with Gasteiger partial charge in [-0.05, 0) is 31.9 Å². The van der Waals surface area contributed by atoms with Crippen LogP contribution >= 0.6 is 11.8 Å². The summed E-state index contributed by atoms with van der Waals surface area (Å²) in [4.78, 5) is 19.4. The number of aromatic nitrogens is 2. The third-order valence-corrected chi connectivity index (χ3v) is 4.22. The van der Waals surface area contributed by atoms with Gasteiger partial charge in [0.2, 0.25) is 5.95 Å². The molecule has 1 saturated carbocycles. The van der Waals surface area contributed by atoms with Crippen molar-refractivity contribution in [3.05, 3.63) is 11.8 Å². The lowest BCUT2D eigenvalue weighted by Crippen LogP contribution is -2.30. The van der Waals surface area contributed by atoms with Crippen molar-refractivity contribution in [2.75, 3.05) is 18.7 Å². The van der Waals surface area contributed by atoms with E-state index in [-0.39, 0.29) is 5.56 Å². The van der Waals surface area contributed by atoms with E-state index in [9.17, 15) is 4.79 Å². The third kappa shape index (κ3) is 3.61. The Morgan fingerprint density at radius 2 is 2.15 bits per heavy atom. The van der Waals surface area contributed by atoms with Crippen LogP contribution in [0, 0.1) is 0 Å². The van der Waals surface area contributed by atoms with Gasteiger partial charge in [-0.2, -0.15) is 0 Å². The van der Waals surface area contributed by atoms with E-state index >= 15 is 0 Å². The van der Waals surface area contributed by atoms with Crippen LogP contribution in [0.4, 0.5) is 5.95 Å². The number of nitrogens with zero attached hydrogens (tertiary/aromatic N) is 2. The van der Waals surface area contributed by atoms with Gasteiger partial charge < -0.3 is 15.2 Å². The number of carboxylic acids is 1. The largest absolute Gasteiger partial charge is 0.478 e. The van der Waals surface area contributed by atoms with E-state index in [0.717, 1.165) is 25.7 Å². The summed E-state index contributed by atoms with van der Waals surface area (Å²) >= 11 is 1.31. The first kappa shape index (κ1) is 15.1. The number of nitrogens with one attached hydrogen (secondary N) is 1. The molecular formula is C13H19N3O3S. The molecular weight excluding hydrogens is 278 g/mol. The Morgan fingerprint density at radius 3 is 2.70 bits per heavy atom. The van der Waals surface area contributed by atoms with Gasteiger partial charge in [-0.25, -0.2) is 14.8 Å². The molecule has 0 aliphatic heterocycles. The van der Waals surface area contributed by atoms with Crippen LogP contribution in [0.1, 0.15) is 36.0 Å². The minimum Gasteiger partial charge on any atom is -0.478 e. The summed E-state index contributed by atoms with van der Waals surface area (Å²) in [5.74, 6) is -0.498. The molecule has 1 aliphatic carbocycles. The van der Waals surface area contributed by atoms with Gasteiger partial charge in [-0.1, -0.05) is 0 Å². The van der Waals surface area contributed by atoms with Crippen molar-refractivity contribution in [3.63, 3.8) is 0 Å². The first-order valence-corrected chi connectivity index (χ1v) is 7.80. The minimum absolute atomic E-state index is 0.145. The number of ether oxygens (including phenoxy) is 1. The maximum atomic E-state index is 11.0. The Morgan fingerprint density at radius 1 is 1.45 bits per heavy atom. The smallest absolute Gasteiger partial charge is 0.340 e. The summed E-state index contributed by atoms with van der Waals surface area (Å²) in [6.45, 7) is 0. The average Bonchev–Trinajstić information content (AvgIpc) is 2.47. The molecule has 1 fully saturated rings. The summed E-state index contributed by atoms with van der Waals surface area (Å²) < 4.78 is 5.34. The normalized spacial score (nSPS) is 22.5. The van der Waals surface area contributed by atoms with Gasteiger partial charge in [-0.3, -0.25) is 0 Å². The second-order valence-corrected chi connectivity index (χ2v) is 5.57. The predicted octanol–water partition coefficient (Wildman–Crippen LogP) is 2.27. The molecule has 0 aromatic carbocycles. The van der Waals surface area contributed by atoms with Crippen LogP contribution in [0.2, 0.25) is 0 Å². The van der Waals surface area contributed by atoms with Crippen LogP contribution in [0.3, 0.4) is 0 Å². The maximum absolute atomic E-state index is 11.0. The molecule has 0 saturated heterocycles. The van der Waals surface area contributed by atoms with Gasteiger partial charge in [0.05, 0.1) is 6.10 Å². The highest BCUT2D eigenvalue weighted by Gasteiger charge is 2.22. The van der Waals surface area contributed by atoms with Crippen LogP contribution in [-0.2, 0) is 4.74 Å². The van der Waals surface area contributed by atoms with Crippen molar-refractivity contribution in [2.45, 2.75) is 42.9 Å². The van der Waals surface area contributed by atoms with Crippen LogP contribution in [0.15, 0.2) is 11.2 Å². The molecule has 0 bridgehead atoms. The second-order valence-electron chi connectivity index (χ2n) is 4.78. The Bertz CT molecular complexity index is 476. The van der Waals surface area contributed by atoms with Crippen molar-refractivity contribution in [2.24, 2.45) is 0 Å². The van der Waals surface area contributed by atoms with E-state index in [1.54, 1.807) is 7.11 Å². The van der Waals surface area contributed by atoms with Gasteiger partial charge in [0.25, 0.3) is 0 Å². The number of rotatable bonds is 5. The van der Waals surface area contributed by atoms with Crippen LogP contribution in [0.5, 0.6) is 0 Å². The van der Waals surface area contributed by atoms with Gasteiger partial charge >= 0.3 is 5.97 Å². The van der Waals surface area contributed by atoms with Crippen molar-refractivity contribution < 1.29 is 14.6 Å². The zero-order valence-corrected chi connectivity index (χ0v) is 12.4. The van der Waals surface area contributed by atoms with E-state index in [2.05, 4.69) is 15.3 Å². The van der Waals surface area contributed by atoms with Crippen molar-refractivity contribution in [3.8, 4) is 0 Å². The molecule has 1 aromatic rings. The van der Waals surface area contributed by atoms with Crippen LogP contribution in [-0.4, -0.2) is 46.6 Å². The van der Waals surface area contributed by atoms with E-state index in [0.29, 0.717) is 23.1 Å². The molecule has 2 N–H and O–H groups in total. The molecule has 0 radical (unpaired) electrons. The molecule has 20 heavy (non-hydrogen) atoms. The molecule has 0 spiro atoms. The number of hydrogen-bond donors (Lipinski definition) is 2. The van der Waals surface area contributed by atoms with E-state index in [1.165, 1.54) is 18.0 Å². The second kappa shape index (κ2) is 6.90. The van der Waals surface area contributed by atoms with E-state index in [1.807, 2.05) is 6.26 Å². The topological polar surface area (TPSA) is 84.3 Å².